The third-order valence-corrected chi connectivity index (χ3v) is 4.30. The topological polar surface area (TPSA) is 82.1 Å². The van der Waals surface area contributed by atoms with Crippen molar-refractivity contribution in [2.45, 2.75) is 27.7 Å². The Morgan fingerprint density at radius 2 is 1.50 bits per heavy atom. The normalized spacial score (nSPS) is 9.93. The molecule has 0 radical (unpaired) electrons. The van der Waals surface area contributed by atoms with Gasteiger partial charge < -0.3 is 20.1 Å². The molecule has 9 heteroatoms. The second kappa shape index (κ2) is 20.3. The van der Waals surface area contributed by atoms with E-state index in [-0.39, 0.29) is 30.4 Å². The molecule has 0 heterocycles. The average molecular weight is 649 g/mol. The molecule has 0 aliphatic carbocycles. The van der Waals surface area contributed by atoms with Gasteiger partial charge in [-0.3, -0.25) is 9.69 Å². The summed E-state index contributed by atoms with van der Waals surface area (Å²) in [6.45, 7) is 12.6. The number of hydrogen-bond donors (Lipinski definition) is 2. The van der Waals surface area contributed by atoms with E-state index >= 15 is 0 Å². The van der Waals surface area contributed by atoms with Gasteiger partial charge in [-0.15, -0.1) is 0 Å². The predicted molar refractivity (Wildman–Crippen MR) is 142 cm³/mol. The first-order valence-corrected chi connectivity index (χ1v) is 14.3. The van der Waals surface area contributed by atoms with Gasteiger partial charge in [-0.1, -0.05) is 72.9 Å². The van der Waals surface area contributed by atoms with E-state index in [4.69, 9.17) is 4.74 Å². The number of nitrogens with zero attached hydrogens (tertiary/aromatic N) is 2. The first-order chi connectivity index (χ1) is 14.4. The number of aromatic hydroxyl groups is 1. The lowest BCUT2D eigenvalue weighted by Gasteiger charge is -2.18. The van der Waals surface area contributed by atoms with Crippen molar-refractivity contribution in [2.24, 2.45) is 0 Å². The number of alkyl halides is 2. The fourth-order valence-electron chi connectivity index (χ4n) is 2.52. The third-order valence-electron chi connectivity index (χ3n) is 4.30. The van der Waals surface area contributed by atoms with E-state index in [1.165, 1.54) is 12.1 Å². The van der Waals surface area contributed by atoms with Crippen LogP contribution in [0.1, 0.15) is 38.1 Å². The van der Waals surface area contributed by atoms with E-state index in [0.29, 0.717) is 12.2 Å². The summed E-state index contributed by atoms with van der Waals surface area (Å²) in [5, 5.41) is 12.8. The number of benzene rings is 1. The quantitative estimate of drug-likeness (QED) is 0.212. The summed E-state index contributed by atoms with van der Waals surface area (Å²) in [6.07, 6.45) is 0. The van der Waals surface area contributed by atoms with Gasteiger partial charge in [-0.25, -0.2) is 4.79 Å². The molecular formula is C21H37I2N3O4. The molecular weight excluding hydrogens is 612 g/mol. The molecule has 0 aliphatic rings. The predicted octanol–water partition coefficient (Wildman–Crippen LogP) is 4.27. The molecule has 0 fully saturated rings. The number of phenols is 1. The van der Waals surface area contributed by atoms with Gasteiger partial charge in [0.05, 0.1) is 6.54 Å². The second-order valence-electron chi connectivity index (χ2n) is 5.90. The summed E-state index contributed by atoms with van der Waals surface area (Å²) in [6, 6.07) is 4.41. The first kappa shape index (κ1) is 31.5. The highest BCUT2D eigenvalue weighted by Gasteiger charge is 2.15. The number of halogens is 2. The van der Waals surface area contributed by atoms with Crippen LogP contribution in [0.25, 0.3) is 0 Å². The Balaban J connectivity index is 0. The maximum atomic E-state index is 12.1. The van der Waals surface area contributed by atoms with Crippen LogP contribution in [0.2, 0.25) is 0 Å². The Kier molecular flexibility index (Phi) is 21.3. The van der Waals surface area contributed by atoms with E-state index in [0.717, 1.165) is 26.2 Å². The van der Waals surface area contributed by atoms with Crippen LogP contribution >= 0.6 is 45.2 Å². The zero-order chi connectivity index (χ0) is 23.5. The van der Waals surface area contributed by atoms with Crippen LogP contribution in [0.3, 0.4) is 0 Å². The number of anilines is 1. The number of phenolic OH excluding ortho intramolecular Hbond substituents is 1. The van der Waals surface area contributed by atoms with Gasteiger partial charge >= 0.3 is 5.97 Å². The summed E-state index contributed by atoms with van der Waals surface area (Å²) in [5.74, 6) is -0.947. The number of likely N-dealkylation sites (N-methyl/N-ethyl adjacent to an activating group) is 2. The van der Waals surface area contributed by atoms with Gasteiger partial charge in [0.15, 0.2) is 0 Å². The van der Waals surface area contributed by atoms with Gasteiger partial charge in [-0.05, 0) is 48.2 Å². The zero-order valence-corrected chi connectivity index (χ0v) is 23.3. The summed E-state index contributed by atoms with van der Waals surface area (Å²) < 4.78 is 5.21. The number of esters is 1. The van der Waals surface area contributed by atoms with Crippen molar-refractivity contribution in [2.75, 3.05) is 61.1 Å². The Morgan fingerprint density at radius 3 is 1.97 bits per heavy atom. The number of ether oxygens (including phenoxy) is 1. The van der Waals surface area contributed by atoms with E-state index < -0.39 is 5.97 Å². The highest BCUT2D eigenvalue weighted by Crippen LogP contribution is 2.22. The third kappa shape index (κ3) is 12.9. The lowest BCUT2D eigenvalue weighted by molar-refractivity contribution is -0.117. The van der Waals surface area contributed by atoms with E-state index in [9.17, 15) is 14.7 Å². The van der Waals surface area contributed by atoms with Gasteiger partial charge in [0.2, 0.25) is 5.91 Å². The molecule has 1 amide bonds. The minimum atomic E-state index is -0.573. The molecule has 1 aromatic rings. The van der Waals surface area contributed by atoms with Gasteiger partial charge in [0, 0.05) is 18.3 Å². The lowest BCUT2D eigenvalue weighted by atomic mass is 10.2. The average Bonchev–Trinajstić information content (AvgIpc) is 2.77. The number of nitrogens with one attached hydrogen (secondary N) is 1. The molecule has 0 atom stereocenters. The Morgan fingerprint density at radius 1 is 0.967 bits per heavy atom. The zero-order valence-electron chi connectivity index (χ0n) is 19.0. The van der Waals surface area contributed by atoms with Crippen molar-refractivity contribution < 1.29 is 19.4 Å². The molecule has 0 unspecified atom stereocenters. The Labute approximate surface area is 209 Å². The Bertz CT molecular complexity index is 596. The molecule has 0 bridgehead atoms. The fourth-order valence-corrected chi connectivity index (χ4v) is 2.52. The van der Waals surface area contributed by atoms with Crippen LogP contribution in [-0.2, 0) is 9.53 Å². The molecule has 2 N–H and O–H groups in total. The van der Waals surface area contributed by atoms with Gasteiger partial charge in [-0.2, -0.15) is 0 Å². The first-order valence-electron chi connectivity index (χ1n) is 9.95. The molecule has 30 heavy (non-hydrogen) atoms. The minimum absolute atomic E-state index is 0.0892. The van der Waals surface area contributed by atoms with E-state index in [2.05, 4.69) is 55.4 Å². The van der Waals surface area contributed by atoms with Crippen molar-refractivity contribution in [1.29, 1.82) is 0 Å². The standard InChI is InChI=1S/C19H31N3O4.2CH3I/c1-5-21(6-2)11-12-26-19(25)16-10-9-15(13-17(16)23)20-18(24)14-22(7-3)8-4;2*1-2/h9-10,13,23H,5-8,11-12,14H2,1-4H3,(H,20,24);2*1H3. The molecule has 0 saturated heterocycles. The SMILES string of the molecule is CCN(CC)CCOC(=O)c1ccc(NC(=O)CN(CC)CC)cc1O.CI.CI. The van der Waals surface area contributed by atoms with Crippen molar-refractivity contribution in [3.8, 4) is 5.75 Å². The van der Waals surface area contributed by atoms with Gasteiger partial charge in [0.1, 0.15) is 17.9 Å². The molecule has 0 spiro atoms. The lowest BCUT2D eigenvalue weighted by Crippen LogP contribution is -2.32. The monoisotopic (exact) mass is 649 g/mol. The van der Waals surface area contributed by atoms with Crippen molar-refractivity contribution in [1.82, 2.24) is 9.80 Å². The molecule has 7 nitrogen and oxygen atoms in total. The van der Waals surface area contributed by atoms with Crippen molar-refractivity contribution in [3.63, 3.8) is 0 Å². The Hall–Kier alpha value is -0.660. The van der Waals surface area contributed by atoms with Crippen LogP contribution in [-0.4, -0.2) is 82.5 Å². The smallest absolute Gasteiger partial charge is 0.341 e. The molecule has 0 aliphatic heterocycles. The van der Waals surface area contributed by atoms with Crippen molar-refractivity contribution in [3.05, 3.63) is 23.8 Å². The van der Waals surface area contributed by atoms with Crippen LogP contribution in [0.5, 0.6) is 5.75 Å². The fraction of sp³-hybridized carbons (Fsp3) is 0.619. The summed E-state index contributed by atoms with van der Waals surface area (Å²) in [4.78, 5) is 32.2. The number of amides is 1. The summed E-state index contributed by atoms with van der Waals surface area (Å²) >= 11 is 4.30. The maximum Gasteiger partial charge on any atom is 0.341 e. The molecule has 0 saturated carbocycles. The number of carbonyl (C=O) groups excluding carboxylic acids is 2. The van der Waals surface area contributed by atoms with Crippen LogP contribution in [0.15, 0.2) is 18.2 Å². The summed E-state index contributed by atoms with van der Waals surface area (Å²) in [5.41, 5.74) is 0.533. The van der Waals surface area contributed by atoms with Crippen LogP contribution in [0, 0.1) is 0 Å². The highest BCUT2D eigenvalue weighted by atomic mass is 127. The number of rotatable bonds is 11. The maximum absolute atomic E-state index is 12.1. The summed E-state index contributed by atoms with van der Waals surface area (Å²) in [7, 11) is 0. The minimum Gasteiger partial charge on any atom is -0.507 e. The molecule has 1 rings (SSSR count). The largest absolute Gasteiger partial charge is 0.507 e. The van der Waals surface area contributed by atoms with Crippen LogP contribution in [0.4, 0.5) is 5.69 Å². The van der Waals surface area contributed by atoms with Crippen molar-refractivity contribution >= 4 is 62.7 Å². The number of hydrogen-bond acceptors (Lipinski definition) is 6. The number of carbonyl (C=O) groups is 2. The molecule has 0 aromatic heterocycles. The second-order valence-corrected chi connectivity index (χ2v) is 5.90. The van der Waals surface area contributed by atoms with E-state index in [1.54, 1.807) is 6.07 Å². The molecule has 174 valence electrons. The molecule has 1 aromatic carbocycles. The van der Waals surface area contributed by atoms with Gasteiger partial charge in [0.25, 0.3) is 0 Å². The van der Waals surface area contributed by atoms with E-state index in [1.807, 2.05) is 42.5 Å². The highest BCUT2D eigenvalue weighted by molar-refractivity contribution is 14.1. The van der Waals surface area contributed by atoms with Crippen LogP contribution < -0.4 is 5.32 Å².